The summed E-state index contributed by atoms with van der Waals surface area (Å²) in [6.45, 7) is 1.73. The van der Waals surface area contributed by atoms with Crippen molar-refractivity contribution in [1.82, 2.24) is 9.88 Å². The Morgan fingerprint density at radius 2 is 2.00 bits per heavy atom. The van der Waals surface area contributed by atoms with Crippen LogP contribution in [0.2, 0.25) is 4.34 Å². The highest BCUT2D eigenvalue weighted by Crippen LogP contribution is 2.22. The lowest BCUT2D eigenvalue weighted by Crippen LogP contribution is -2.11. The second-order valence-corrected chi connectivity index (χ2v) is 6.39. The van der Waals surface area contributed by atoms with E-state index in [1.807, 2.05) is 6.07 Å². The summed E-state index contributed by atoms with van der Waals surface area (Å²) in [6, 6.07) is 12.5. The fourth-order valence-electron chi connectivity index (χ4n) is 2.33. The largest absolute Gasteiger partial charge is 0.350 e. The Kier molecular flexibility index (Phi) is 3.60. The Morgan fingerprint density at radius 1 is 1.16 bits per heavy atom. The van der Waals surface area contributed by atoms with Crippen LogP contribution in [0.3, 0.4) is 0 Å². The number of hydrogen-bond acceptors (Lipinski definition) is 2. The van der Waals surface area contributed by atoms with Gasteiger partial charge in [0.2, 0.25) is 0 Å². The molecule has 0 atom stereocenters. The molecule has 0 aliphatic rings. The first-order chi connectivity index (χ1) is 9.24. The van der Waals surface area contributed by atoms with Gasteiger partial charge in [0.1, 0.15) is 0 Å². The molecule has 0 radical (unpaired) electrons. The maximum atomic E-state index is 5.93. The minimum atomic E-state index is 0.849. The number of aromatic nitrogens is 1. The van der Waals surface area contributed by atoms with E-state index in [9.17, 15) is 0 Å². The number of hydrogen-bond donors (Lipinski definition) is 1. The van der Waals surface area contributed by atoms with Gasteiger partial charge >= 0.3 is 0 Å². The molecule has 3 rings (SSSR count). The number of aryl methyl sites for hydroxylation is 1. The van der Waals surface area contributed by atoms with Gasteiger partial charge in [-0.05, 0) is 23.8 Å². The third kappa shape index (κ3) is 2.68. The van der Waals surface area contributed by atoms with Gasteiger partial charge in [-0.3, -0.25) is 0 Å². The minimum Gasteiger partial charge on any atom is -0.350 e. The van der Waals surface area contributed by atoms with E-state index < -0.39 is 0 Å². The lowest BCUT2D eigenvalue weighted by Gasteiger charge is -2.01. The fraction of sp³-hybridized carbons (Fsp3) is 0.200. The zero-order valence-corrected chi connectivity index (χ0v) is 12.3. The van der Waals surface area contributed by atoms with E-state index in [0.717, 1.165) is 17.4 Å². The Morgan fingerprint density at radius 3 is 2.79 bits per heavy atom. The van der Waals surface area contributed by atoms with Crippen molar-refractivity contribution in [1.29, 1.82) is 0 Å². The zero-order valence-electron chi connectivity index (χ0n) is 10.7. The Hall–Kier alpha value is -1.29. The van der Waals surface area contributed by atoms with Crippen molar-refractivity contribution in [3.8, 4) is 0 Å². The second kappa shape index (κ2) is 5.37. The topological polar surface area (TPSA) is 17.0 Å². The van der Waals surface area contributed by atoms with Crippen LogP contribution in [0.4, 0.5) is 0 Å². The second-order valence-electron chi connectivity index (χ2n) is 4.59. The van der Waals surface area contributed by atoms with E-state index in [1.54, 1.807) is 11.3 Å². The maximum Gasteiger partial charge on any atom is 0.0931 e. The fourth-order valence-corrected chi connectivity index (χ4v) is 3.39. The smallest absolute Gasteiger partial charge is 0.0931 e. The van der Waals surface area contributed by atoms with Crippen LogP contribution in [0.5, 0.6) is 0 Å². The van der Waals surface area contributed by atoms with Crippen molar-refractivity contribution in [2.24, 2.45) is 7.05 Å². The number of thiophene rings is 1. The van der Waals surface area contributed by atoms with E-state index in [4.69, 9.17) is 11.6 Å². The van der Waals surface area contributed by atoms with Crippen molar-refractivity contribution in [3.63, 3.8) is 0 Å². The van der Waals surface area contributed by atoms with Crippen LogP contribution < -0.4 is 5.32 Å². The Bertz CT molecular complexity index is 699. The molecule has 2 heterocycles. The van der Waals surface area contributed by atoms with Crippen molar-refractivity contribution in [3.05, 3.63) is 57.4 Å². The summed E-state index contributed by atoms with van der Waals surface area (Å²) in [4.78, 5) is 1.27. The minimum absolute atomic E-state index is 0.849. The van der Waals surface area contributed by atoms with Crippen molar-refractivity contribution in [2.45, 2.75) is 13.1 Å². The van der Waals surface area contributed by atoms with Crippen LogP contribution in [-0.4, -0.2) is 4.57 Å². The number of halogens is 1. The van der Waals surface area contributed by atoms with Crippen LogP contribution in [0.1, 0.15) is 10.4 Å². The molecule has 19 heavy (non-hydrogen) atoms. The summed E-state index contributed by atoms with van der Waals surface area (Å²) in [5.74, 6) is 0. The summed E-state index contributed by atoms with van der Waals surface area (Å²) in [7, 11) is 2.09. The molecule has 0 aliphatic carbocycles. The normalized spacial score (nSPS) is 11.3. The molecular formula is C15H15ClN2S. The summed E-state index contributed by atoms with van der Waals surface area (Å²) >= 11 is 7.55. The van der Waals surface area contributed by atoms with Crippen LogP contribution in [0, 0.1) is 0 Å². The van der Waals surface area contributed by atoms with E-state index in [2.05, 4.69) is 53.5 Å². The predicted molar refractivity (Wildman–Crippen MR) is 82.8 cm³/mol. The molecule has 0 bridgehead atoms. The summed E-state index contributed by atoms with van der Waals surface area (Å²) in [6.07, 6.45) is 2.19. The lowest BCUT2D eigenvalue weighted by molar-refractivity contribution is 0.702. The van der Waals surface area contributed by atoms with E-state index in [-0.39, 0.29) is 0 Å². The van der Waals surface area contributed by atoms with Gasteiger partial charge < -0.3 is 9.88 Å². The number of rotatable bonds is 4. The van der Waals surface area contributed by atoms with Gasteiger partial charge in [-0.15, -0.1) is 11.3 Å². The molecule has 4 heteroatoms. The van der Waals surface area contributed by atoms with Gasteiger partial charge in [-0.25, -0.2) is 0 Å². The standard InChI is InChI=1S/C15H15ClN2S/c1-18-10-11(13-4-2-3-5-14(13)18)8-17-9-12-6-7-15(16)19-12/h2-7,10,17H,8-9H2,1H3. The molecule has 98 valence electrons. The predicted octanol–water partition coefficient (Wildman–Crippen LogP) is 4.18. The zero-order chi connectivity index (χ0) is 13.2. The monoisotopic (exact) mass is 290 g/mol. The van der Waals surface area contributed by atoms with Crippen LogP contribution >= 0.6 is 22.9 Å². The third-order valence-corrected chi connectivity index (χ3v) is 4.45. The lowest BCUT2D eigenvalue weighted by atomic mass is 10.2. The molecule has 2 aromatic heterocycles. The van der Waals surface area contributed by atoms with E-state index in [0.29, 0.717) is 0 Å². The van der Waals surface area contributed by atoms with Gasteiger partial charge in [0.25, 0.3) is 0 Å². The number of para-hydroxylation sites is 1. The first-order valence-corrected chi connectivity index (χ1v) is 7.41. The number of nitrogens with zero attached hydrogens (tertiary/aromatic N) is 1. The number of nitrogens with one attached hydrogen (secondary N) is 1. The van der Waals surface area contributed by atoms with Gasteiger partial charge in [0.15, 0.2) is 0 Å². The molecule has 0 aliphatic heterocycles. The molecule has 2 nitrogen and oxygen atoms in total. The van der Waals surface area contributed by atoms with Gasteiger partial charge in [-0.1, -0.05) is 29.8 Å². The molecule has 0 fully saturated rings. The van der Waals surface area contributed by atoms with Gasteiger partial charge in [-0.2, -0.15) is 0 Å². The molecule has 0 saturated carbocycles. The first kappa shape index (κ1) is 12.7. The average molecular weight is 291 g/mol. The van der Waals surface area contributed by atoms with Crippen LogP contribution in [-0.2, 0) is 20.1 Å². The van der Waals surface area contributed by atoms with E-state index in [1.165, 1.54) is 21.3 Å². The van der Waals surface area contributed by atoms with Crippen molar-refractivity contribution < 1.29 is 0 Å². The van der Waals surface area contributed by atoms with Gasteiger partial charge in [0, 0.05) is 42.1 Å². The first-order valence-electron chi connectivity index (χ1n) is 6.22. The Balaban J connectivity index is 1.72. The molecule has 0 saturated heterocycles. The summed E-state index contributed by atoms with van der Waals surface area (Å²) in [5.41, 5.74) is 2.61. The third-order valence-electron chi connectivity index (χ3n) is 3.22. The highest BCUT2D eigenvalue weighted by Gasteiger charge is 2.05. The Labute approximate surface area is 121 Å². The maximum absolute atomic E-state index is 5.93. The van der Waals surface area contributed by atoms with E-state index >= 15 is 0 Å². The quantitative estimate of drug-likeness (QED) is 0.762. The average Bonchev–Trinajstić information content (AvgIpc) is 2.96. The molecule has 0 amide bonds. The summed E-state index contributed by atoms with van der Waals surface area (Å²) in [5, 5.41) is 4.80. The number of fused-ring (bicyclic) bond motifs is 1. The molecule has 0 spiro atoms. The molecular weight excluding hydrogens is 276 g/mol. The highest BCUT2D eigenvalue weighted by molar-refractivity contribution is 7.16. The highest BCUT2D eigenvalue weighted by atomic mass is 35.5. The molecule has 3 aromatic rings. The van der Waals surface area contributed by atoms with Gasteiger partial charge in [0.05, 0.1) is 4.34 Å². The van der Waals surface area contributed by atoms with Crippen molar-refractivity contribution in [2.75, 3.05) is 0 Å². The van der Waals surface area contributed by atoms with Crippen molar-refractivity contribution >= 4 is 33.8 Å². The molecule has 0 unspecified atom stereocenters. The molecule has 1 N–H and O–H groups in total. The number of benzene rings is 1. The van der Waals surface area contributed by atoms with Crippen LogP contribution in [0.25, 0.3) is 10.9 Å². The molecule has 1 aromatic carbocycles. The SMILES string of the molecule is Cn1cc(CNCc2ccc(Cl)s2)c2ccccc21. The summed E-state index contributed by atoms with van der Waals surface area (Å²) < 4.78 is 3.02. The van der Waals surface area contributed by atoms with Crippen LogP contribution in [0.15, 0.2) is 42.6 Å².